The van der Waals surface area contributed by atoms with E-state index in [9.17, 15) is 9.59 Å². The Morgan fingerprint density at radius 2 is 1.88 bits per heavy atom. The number of amides is 1. The molecule has 0 bridgehead atoms. The van der Waals surface area contributed by atoms with Crippen LogP contribution in [0.15, 0.2) is 54.6 Å². The number of ether oxygens (including phenoxy) is 1. The molecule has 1 atom stereocenters. The second-order valence-electron chi connectivity index (χ2n) is 5.95. The van der Waals surface area contributed by atoms with Gasteiger partial charge in [0.25, 0.3) is 5.91 Å². The highest BCUT2D eigenvalue weighted by molar-refractivity contribution is 7.98. The molecule has 0 aliphatic carbocycles. The average Bonchev–Trinajstić information content (AvgIpc) is 2.65. The largest absolute Gasteiger partial charge is 0.481 e. The number of carbonyl (C=O) groups excluding carboxylic acids is 1. The Balaban J connectivity index is 2.04. The van der Waals surface area contributed by atoms with Crippen LogP contribution in [0.25, 0.3) is 0 Å². The van der Waals surface area contributed by atoms with Gasteiger partial charge in [0.2, 0.25) is 0 Å². The van der Waals surface area contributed by atoms with E-state index in [1.54, 1.807) is 18.7 Å². The summed E-state index contributed by atoms with van der Waals surface area (Å²) in [5.74, 6) is 0.207. The number of carboxylic acids is 1. The summed E-state index contributed by atoms with van der Waals surface area (Å²) in [5.41, 5.74) is 1.40. The fourth-order valence-electron chi connectivity index (χ4n) is 2.44. The van der Waals surface area contributed by atoms with E-state index in [1.165, 1.54) is 7.11 Å². The average molecular weight is 373 g/mol. The standard InChI is InChI=1S/C20H23NO4S/c1-20(25-2,16-8-4-3-5-9-16)19(24)21-17-10-6-7-15(13-17)14-26-12-11-18(22)23/h3-10,13H,11-12,14H2,1-2H3,(H,21,24)(H,22,23). The van der Waals surface area contributed by atoms with Gasteiger partial charge in [-0.2, -0.15) is 11.8 Å². The van der Waals surface area contributed by atoms with Crippen molar-refractivity contribution in [3.05, 3.63) is 65.7 Å². The van der Waals surface area contributed by atoms with E-state index in [1.807, 2.05) is 54.6 Å². The second kappa shape index (κ2) is 9.40. The van der Waals surface area contributed by atoms with E-state index in [0.29, 0.717) is 17.2 Å². The molecular formula is C20H23NO4S. The van der Waals surface area contributed by atoms with Gasteiger partial charge in [0, 0.05) is 24.3 Å². The molecule has 0 heterocycles. The fourth-order valence-corrected chi connectivity index (χ4v) is 3.32. The van der Waals surface area contributed by atoms with Gasteiger partial charge in [0.05, 0.1) is 6.42 Å². The SMILES string of the molecule is COC(C)(C(=O)Nc1cccc(CSCCC(=O)O)c1)c1ccccc1. The lowest BCUT2D eigenvalue weighted by Gasteiger charge is -2.27. The molecule has 26 heavy (non-hydrogen) atoms. The van der Waals surface area contributed by atoms with Crippen LogP contribution in [0.5, 0.6) is 0 Å². The molecular weight excluding hydrogens is 350 g/mol. The molecule has 0 aromatic heterocycles. The molecule has 0 fully saturated rings. The van der Waals surface area contributed by atoms with Crippen molar-refractivity contribution in [2.45, 2.75) is 24.7 Å². The lowest BCUT2D eigenvalue weighted by Crippen LogP contribution is -2.39. The number of hydrogen-bond acceptors (Lipinski definition) is 4. The minimum absolute atomic E-state index is 0.143. The molecule has 5 nitrogen and oxygen atoms in total. The molecule has 138 valence electrons. The van der Waals surface area contributed by atoms with Crippen molar-refractivity contribution < 1.29 is 19.4 Å². The van der Waals surface area contributed by atoms with E-state index < -0.39 is 11.6 Å². The minimum atomic E-state index is -1.09. The van der Waals surface area contributed by atoms with Crippen LogP contribution >= 0.6 is 11.8 Å². The predicted octanol–water partition coefficient (Wildman–Crippen LogP) is 3.89. The van der Waals surface area contributed by atoms with Crippen molar-refractivity contribution >= 4 is 29.3 Å². The van der Waals surface area contributed by atoms with Gasteiger partial charge in [-0.25, -0.2) is 0 Å². The van der Waals surface area contributed by atoms with E-state index in [4.69, 9.17) is 9.84 Å². The molecule has 0 saturated carbocycles. The lowest BCUT2D eigenvalue weighted by molar-refractivity contribution is -0.137. The number of carbonyl (C=O) groups is 2. The summed E-state index contributed by atoms with van der Waals surface area (Å²) in [6, 6.07) is 16.9. The van der Waals surface area contributed by atoms with E-state index in [0.717, 1.165) is 11.1 Å². The van der Waals surface area contributed by atoms with Crippen molar-refractivity contribution in [3.8, 4) is 0 Å². The van der Waals surface area contributed by atoms with Crippen molar-refractivity contribution in [3.63, 3.8) is 0 Å². The lowest BCUT2D eigenvalue weighted by atomic mass is 9.94. The second-order valence-corrected chi connectivity index (χ2v) is 7.06. The highest BCUT2D eigenvalue weighted by Gasteiger charge is 2.35. The number of anilines is 1. The number of hydrogen-bond donors (Lipinski definition) is 2. The number of nitrogens with one attached hydrogen (secondary N) is 1. The summed E-state index contributed by atoms with van der Waals surface area (Å²) in [4.78, 5) is 23.4. The summed E-state index contributed by atoms with van der Waals surface area (Å²) in [6.07, 6.45) is 0.143. The summed E-state index contributed by atoms with van der Waals surface area (Å²) in [5, 5.41) is 11.6. The molecule has 1 amide bonds. The van der Waals surface area contributed by atoms with Gasteiger partial charge in [0.15, 0.2) is 5.60 Å². The van der Waals surface area contributed by atoms with E-state index >= 15 is 0 Å². The predicted molar refractivity (Wildman–Crippen MR) is 104 cm³/mol. The third-order valence-electron chi connectivity index (χ3n) is 4.08. The molecule has 0 aliphatic rings. The minimum Gasteiger partial charge on any atom is -0.481 e. The third kappa shape index (κ3) is 5.34. The van der Waals surface area contributed by atoms with Crippen LogP contribution in [0.1, 0.15) is 24.5 Å². The molecule has 0 aliphatic heterocycles. The van der Waals surface area contributed by atoms with Crippen LogP contribution in [0.3, 0.4) is 0 Å². The van der Waals surface area contributed by atoms with Gasteiger partial charge in [-0.05, 0) is 30.2 Å². The van der Waals surface area contributed by atoms with Crippen molar-refractivity contribution in [1.29, 1.82) is 0 Å². The monoisotopic (exact) mass is 373 g/mol. The fraction of sp³-hybridized carbons (Fsp3) is 0.300. The first kappa shape index (κ1) is 20.0. The van der Waals surface area contributed by atoms with Gasteiger partial charge < -0.3 is 15.2 Å². The first-order valence-corrected chi connectivity index (χ1v) is 9.42. The molecule has 2 N–H and O–H groups in total. The Morgan fingerprint density at radius 1 is 1.15 bits per heavy atom. The van der Waals surface area contributed by atoms with Crippen LogP contribution in [0, 0.1) is 0 Å². The highest BCUT2D eigenvalue weighted by Crippen LogP contribution is 2.27. The Bertz CT molecular complexity index is 750. The third-order valence-corrected chi connectivity index (χ3v) is 5.11. The number of aliphatic carboxylic acids is 1. The molecule has 0 radical (unpaired) electrons. The summed E-state index contributed by atoms with van der Waals surface area (Å²) in [6.45, 7) is 1.74. The van der Waals surface area contributed by atoms with Crippen LogP contribution in [-0.2, 0) is 25.7 Å². The van der Waals surface area contributed by atoms with Gasteiger partial charge in [-0.15, -0.1) is 0 Å². The molecule has 1 unspecified atom stereocenters. The Labute approximate surface area is 157 Å². The van der Waals surface area contributed by atoms with Gasteiger partial charge in [-0.1, -0.05) is 42.5 Å². The Morgan fingerprint density at radius 3 is 2.54 bits per heavy atom. The van der Waals surface area contributed by atoms with Crippen LogP contribution in [-0.4, -0.2) is 29.8 Å². The topological polar surface area (TPSA) is 75.6 Å². The van der Waals surface area contributed by atoms with Gasteiger partial charge >= 0.3 is 5.97 Å². The summed E-state index contributed by atoms with van der Waals surface area (Å²) >= 11 is 1.55. The first-order chi connectivity index (χ1) is 12.5. The quantitative estimate of drug-likeness (QED) is 0.652. The smallest absolute Gasteiger partial charge is 0.304 e. The molecule has 6 heteroatoms. The molecule has 2 aromatic rings. The van der Waals surface area contributed by atoms with Gasteiger partial charge in [0.1, 0.15) is 0 Å². The molecule has 2 aromatic carbocycles. The summed E-state index contributed by atoms with van der Waals surface area (Å²) in [7, 11) is 1.52. The Hall–Kier alpha value is -2.31. The van der Waals surface area contributed by atoms with Gasteiger partial charge in [-0.3, -0.25) is 9.59 Å². The van der Waals surface area contributed by atoms with Crippen molar-refractivity contribution in [1.82, 2.24) is 0 Å². The Kier molecular flexibility index (Phi) is 7.24. The maximum absolute atomic E-state index is 12.8. The van der Waals surface area contributed by atoms with Crippen LogP contribution in [0.2, 0.25) is 0 Å². The number of carboxylic acid groups (broad SMARTS) is 1. The number of benzene rings is 2. The normalized spacial score (nSPS) is 13.0. The molecule has 0 spiro atoms. The molecule has 0 saturated heterocycles. The molecule has 2 rings (SSSR count). The summed E-state index contributed by atoms with van der Waals surface area (Å²) < 4.78 is 5.52. The number of thioether (sulfide) groups is 1. The first-order valence-electron chi connectivity index (χ1n) is 8.26. The zero-order valence-electron chi connectivity index (χ0n) is 14.9. The number of methoxy groups -OCH3 is 1. The van der Waals surface area contributed by atoms with E-state index in [2.05, 4.69) is 5.32 Å². The van der Waals surface area contributed by atoms with Crippen LogP contribution in [0.4, 0.5) is 5.69 Å². The number of rotatable bonds is 9. The van der Waals surface area contributed by atoms with Crippen molar-refractivity contribution in [2.75, 3.05) is 18.2 Å². The van der Waals surface area contributed by atoms with Crippen LogP contribution < -0.4 is 5.32 Å². The van der Waals surface area contributed by atoms with Crippen molar-refractivity contribution in [2.24, 2.45) is 0 Å². The maximum Gasteiger partial charge on any atom is 0.304 e. The zero-order valence-corrected chi connectivity index (χ0v) is 15.7. The zero-order chi connectivity index (χ0) is 19.0. The highest BCUT2D eigenvalue weighted by atomic mass is 32.2. The maximum atomic E-state index is 12.8. The van der Waals surface area contributed by atoms with E-state index in [-0.39, 0.29) is 12.3 Å².